The third kappa shape index (κ3) is 6.12. The van der Waals surface area contributed by atoms with Gasteiger partial charge in [0.15, 0.2) is 0 Å². The normalized spacial score (nSPS) is 11.8. The Labute approximate surface area is 378 Å². The summed E-state index contributed by atoms with van der Waals surface area (Å²) in [6, 6.07) is 81.9. The van der Waals surface area contributed by atoms with Crippen molar-refractivity contribution in [2.24, 2.45) is 0 Å². The zero-order valence-corrected chi connectivity index (χ0v) is 36.2. The van der Waals surface area contributed by atoms with Crippen molar-refractivity contribution < 1.29 is 0 Å². The predicted octanol–water partition coefficient (Wildman–Crippen LogP) is 17.9. The summed E-state index contributed by atoms with van der Waals surface area (Å²) in [6.45, 7) is 0. The lowest BCUT2D eigenvalue weighted by molar-refractivity contribution is 1.31. The van der Waals surface area contributed by atoms with E-state index in [4.69, 9.17) is 4.98 Å². The molecule has 3 nitrogen and oxygen atoms in total. The Kier molecular flexibility index (Phi) is 8.58. The minimum atomic E-state index is 1.01. The van der Waals surface area contributed by atoms with Crippen LogP contribution < -0.4 is 9.80 Å². The van der Waals surface area contributed by atoms with Crippen LogP contribution in [0.2, 0.25) is 0 Å². The Bertz CT molecular complexity index is 3930. The van der Waals surface area contributed by atoms with Crippen LogP contribution in [-0.2, 0) is 0 Å². The van der Waals surface area contributed by atoms with Crippen molar-refractivity contribution in [2.75, 3.05) is 9.80 Å². The standard InChI is InChI=1S/C59H37N3S2/c1-2-14-40(15-3-1)59-60-53-32-28-46(37-58(53)64-59)62(55-22-11-17-39-13-5-7-19-50(39)55)44-27-31-48-42(35-44)25-24-41-34-43(26-30-47(41)48)61(54-21-10-16-38-12-4-6-18-49(38)54)45-29-33-57-52(36-45)51-20-8-9-23-56(51)63-57/h1-37H. The number of thiophene rings is 1. The van der Waals surface area contributed by atoms with Gasteiger partial charge >= 0.3 is 0 Å². The van der Waals surface area contributed by atoms with Crippen LogP contribution in [0.25, 0.3) is 84.0 Å². The number of thiazole rings is 1. The summed E-state index contributed by atoms with van der Waals surface area (Å²) in [6.07, 6.45) is 0. The molecule has 0 saturated heterocycles. The molecule has 0 spiro atoms. The average molecular weight is 852 g/mol. The maximum Gasteiger partial charge on any atom is 0.124 e. The topological polar surface area (TPSA) is 19.4 Å². The number of anilines is 6. The van der Waals surface area contributed by atoms with Crippen LogP contribution in [-0.4, -0.2) is 4.98 Å². The summed E-state index contributed by atoms with van der Waals surface area (Å²) in [5, 5.41) is 13.3. The molecule has 0 aliphatic rings. The Morgan fingerprint density at radius 1 is 0.297 bits per heavy atom. The second-order valence-corrected chi connectivity index (χ2v) is 18.5. The third-order valence-electron chi connectivity index (χ3n) is 12.6. The molecule has 0 saturated carbocycles. The summed E-state index contributed by atoms with van der Waals surface area (Å²) in [7, 11) is 0. The lowest BCUT2D eigenvalue weighted by atomic mass is 9.99. The second-order valence-electron chi connectivity index (χ2n) is 16.4. The summed E-state index contributed by atoms with van der Waals surface area (Å²) >= 11 is 3.60. The molecule has 2 aromatic heterocycles. The maximum atomic E-state index is 5.03. The lowest BCUT2D eigenvalue weighted by Gasteiger charge is -2.28. The second kappa shape index (κ2) is 14.9. The molecular weight excluding hydrogens is 815 g/mol. The molecular formula is C59H37N3S2. The van der Waals surface area contributed by atoms with Gasteiger partial charge in [-0.3, -0.25) is 0 Å². The van der Waals surface area contributed by atoms with Crippen LogP contribution in [0.5, 0.6) is 0 Å². The highest BCUT2D eigenvalue weighted by molar-refractivity contribution is 7.25. The Hall–Kier alpha value is -7.83. The molecule has 13 rings (SSSR count). The molecule has 5 heteroatoms. The first-order valence-corrected chi connectivity index (χ1v) is 23.2. The van der Waals surface area contributed by atoms with Gasteiger partial charge in [0.25, 0.3) is 0 Å². The van der Waals surface area contributed by atoms with Crippen molar-refractivity contribution in [3.8, 4) is 10.6 Å². The van der Waals surface area contributed by atoms with E-state index in [0.29, 0.717) is 0 Å². The molecule has 0 amide bonds. The highest BCUT2D eigenvalue weighted by Gasteiger charge is 2.20. The monoisotopic (exact) mass is 851 g/mol. The zero-order chi connectivity index (χ0) is 42.1. The van der Waals surface area contributed by atoms with Gasteiger partial charge in [0.1, 0.15) is 5.01 Å². The van der Waals surface area contributed by atoms with Gasteiger partial charge in [0.2, 0.25) is 0 Å². The summed E-state index contributed by atoms with van der Waals surface area (Å²) in [4.78, 5) is 9.88. The summed E-state index contributed by atoms with van der Waals surface area (Å²) in [5.74, 6) is 0. The van der Waals surface area contributed by atoms with Gasteiger partial charge in [0, 0.05) is 59.3 Å². The molecule has 64 heavy (non-hydrogen) atoms. The van der Waals surface area contributed by atoms with Crippen molar-refractivity contribution in [3.05, 3.63) is 224 Å². The maximum absolute atomic E-state index is 5.03. The van der Waals surface area contributed by atoms with Gasteiger partial charge in [-0.1, -0.05) is 146 Å². The van der Waals surface area contributed by atoms with Gasteiger partial charge in [-0.25, -0.2) is 4.98 Å². The summed E-state index contributed by atoms with van der Waals surface area (Å²) < 4.78 is 3.77. The van der Waals surface area contributed by atoms with E-state index in [9.17, 15) is 0 Å². The number of aromatic nitrogens is 1. The van der Waals surface area contributed by atoms with Gasteiger partial charge in [-0.05, 0) is 111 Å². The molecule has 0 unspecified atom stereocenters. The molecule has 0 fully saturated rings. The fourth-order valence-corrected chi connectivity index (χ4v) is 11.7. The highest BCUT2D eigenvalue weighted by Crippen LogP contribution is 2.46. The molecule has 0 bridgehead atoms. The number of hydrogen-bond donors (Lipinski definition) is 0. The first kappa shape index (κ1) is 36.8. The predicted molar refractivity (Wildman–Crippen MR) is 277 cm³/mol. The van der Waals surface area contributed by atoms with Crippen molar-refractivity contribution in [1.82, 2.24) is 4.98 Å². The van der Waals surface area contributed by atoms with Gasteiger partial charge in [-0.15, -0.1) is 22.7 Å². The van der Waals surface area contributed by atoms with Crippen LogP contribution >= 0.6 is 22.7 Å². The first-order chi connectivity index (χ1) is 31.7. The molecule has 0 atom stereocenters. The summed E-state index contributed by atoms with van der Waals surface area (Å²) in [5.41, 5.74) is 8.90. The molecule has 0 aliphatic carbocycles. The fourth-order valence-electron chi connectivity index (χ4n) is 9.60. The van der Waals surface area contributed by atoms with Crippen molar-refractivity contribution in [3.63, 3.8) is 0 Å². The number of nitrogens with zero attached hydrogens (tertiary/aromatic N) is 3. The Morgan fingerprint density at radius 2 is 0.812 bits per heavy atom. The minimum absolute atomic E-state index is 1.01. The number of rotatable bonds is 7. The van der Waals surface area contributed by atoms with Crippen LogP contribution in [0.15, 0.2) is 224 Å². The molecule has 0 aliphatic heterocycles. The molecule has 2 heterocycles. The van der Waals surface area contributed by atoms with E-state index < -0.39 is 0 Å². The Balaban J connectivity index is 0.950. The van der Waals surface area contributed by atoms with E-state index >= 15 is 0 Å². The molecule has 0 N–H and O–H groups in total. The SMILES string of the molecule is c1ccc(-c2nc3ccc(N(c4ccc5c(ccc6cc(N(c7ccc8sc9ccccc9c8c7)c7cccc8ccccc78)ccc65)c4)c4cccc5ccccc45)cc3s2)cc1. The van der Waals surface area contributed by atoms with Crippen LogP contribution in [0.3, 0.4) is 0 Å². The Morgan fingerprint density at radius 3 is 1.48 bits per heavy atom. The molecule has 0 radical (unpaired) electrons. The smallest absolute Gasteiger partial charge is 0.124 e. The van der Waals surface area contributed by atoms with Crippen LogP contribution in [0.4, 0.5) is 34.1 Å². The quantitative estimate of drug-likeness (QED) is 0.149. The average Bonchev–Trinajstić information content (AvgIpc) is 3.96. The van der Waals surface area contributed by atoms with E-state index in [0.717, 1.165) is 54.9 Å². The van der Waals surface area contributed by atoms with Crippen molar-refractivity contribution in [1.29, 1.82) is 0 Å². The highest BCUT2D eigenvalue weighted by atomic mass is 32.1. The van der Waals surface area contributed by atoms with Crippen LogP contribution in [0.1, 0.15) is 0 Å². The van der Waals surface area contributed by atoms with Gasteiger partial charge in [-0.2, -0.15) is 0 Å². The largest absolute Gasteiger partial charge is 0.310 e. The third-order valence-corrected chi connectivity index (χ3v) is 14.8. The van der Waals surface area contributed by atoms with E-state index in [1.807, 2.05) is 11.3 Å². The van der Waals surface area contributed by atoms with Crippen molar-refractivity contribution in [2.45, 2.75) is 0 Å². The van der Waals surface area contributed by atoms with Gasteiger partial charge < -0.3 is 9.80 Å². The molecule has 300 valence electrons. The molecule has 13 aromatic rings. The fraction of sp³-hybridized carbons (Fsp3) is 0. The molecule has 11 aromatic carbocycles. The van der Waals surface area contributed by atoms with Crippen molar-refractivity contribution >= 4 is 130 Å². The number of benzene rings is 11. The first-order valence-electron chi connectivity index (χ1n) is 21.6. The number of hydrogen-bond acceptors (Lipinski definition) is 5. The van der Waals surface area contributed by atoms with E-state index in [2.05, 4.69) is 234 Å². The van der Waals surface area contributed by atoms with E-state index in [1.54, 1.807) is 11.3 Å². The number of fused-ring (bicyclic) bond motifs is 9. The van der Waals surface area contributed by atoms with Gasteiger partial charge in [0.05, 0.1) is 21.6 Å². The minimum Gasteiger partial charge on any atom is -0.310 e. The van der Waals surface area contributed by atoms with E-state index in [1.165, 1.54) is 63.3 Å². The zero-order valence-electron chi connectivity index (χ0n) is 34.5. The van der Waals surface area contributed by atoms with Crippen LogP contribution in [0, 0.1) is 0 Å². The lowest BCUT2D eigenvalue weighted by Crippen LogP contribution is -2.10. The van der Waals surface area contributed by atoms with E-state index in [-0.39, 0.29) is 0 Å².